The van der Waals surface area contributed by atoms with Crippen LogP contribution in [-0.2, 0) is 9.59 Å². The van der Waals surface area contributed by atoms with Crippen LogP contribution in [0.5, 0.6) is 0 Å². The zero-order valence-electron chi connectivity index (χ0n) is 12.2. The molecular formula is C16H21NO3. The molecular weight excluding hydrogens is 254 g/mol. The number of carbonyl (C=O) groups is 2. The second-order valence-electron chi connectivity index (χ2n) is 4.68. The maximum Gasteiger partial charge on any atom is 0.305 e. The van der Waals surface area contributed by atoms with E-state index in [-0.39, 0.29) is 18.9 Å². The van der Waals surface area contributed by atoms with Crippen molar-refractivity contribution in [2.24, 2.45) is 0 Å². The largest absolute Gasteiger partial charge is 0.481 e. The number of aryl methyl sites for hydroxylation is 1. The van der Waals surface area contributed by atoms with Crippen LogP contribution in [0.4, 0.5) is 5.69 Å². The van der Waals surface area contributed by atoms with Gasteiger partial charge in [-0.1, -0.05) is 31.2 Å². The summed E-state index contributed by atoms with van der Waals surface area (Å²) in [5, 5.41) is 8.85. The van der Waals surface area contributed by atoms with E-state index in [0.29, 0.717) is 5.57 Å². The van der Waals surface area contributed by atoms with Gasteiger partial charge in [-0.15, -0.1) is 0 Å². The third kappa shape index (κ3) is 4.23. The highest BCUT2D eigenvalue weighted by Gasteiger charge is 2.19. The molecule has 0 aliphatic rings. The van der Waals surface area contributed by atoms with E-state index in [2.05, 4.69) is 0 Å². The highest BCUT2D eigenvalue weighted by molar-refractivity contribution is 6.05. The Kier molecular flexibility index (Phi) is 5.97. The number of aliphatic carboxylic acids is 1. The number of carbonyl (C=O) groups excluding carboxylic acids is 1. The summed E-state index contributed by atoms with van der Waals surface area (Å²) in [5.41, 5.74) is 2.36. The van der Waals surface area contributed by atoms with E-state index in [4.69, 9.17) is 5.11 Å². The van der Waals surface area contributed by atoms with Gasteiger partial charge < -0.3 is 10.0 Å². The van der Waals surface area contributed by atoms with Crippen LogP contribution in [0.3, 0.4) is 0 Å². The summed E-state index contributed by atoms with van der Waals surface area (Å²) in [7, 11) is 0. The molecule has 0 atom stereocenters. The first-order chi connectivity index (χ1) is 9.47. The molecule has 20 heavy (non-hydrogen) atoms. The third-order valence-electron chi connectivity index (χ3n) is 3.05. The molecule has 0 heterocycles. The van der Waals surface area contributed by atoms with Crippen molar-refractivity contribution in [2.75, 3.05) is 11.4 Å². The van der Waals surface area contributed by atoms with Crippen LogP contribution in [0.25, 0.3) is 0 Å². The standard InChI is InChI=1S/C16H21NO3/c1-4-7-13(3)16(20)17(11-10-15(18)19)14-9-6-5-8-12(14)2/h5-9H,4,10-11H2,1-3H3,(H,18,19)/b13-7+. The normalized spacial score (nSPS) is 11.2. The number of rotatable bonds is 6. The van der Waals surface area contributed by atoms with E-state index < -0.39 is 5.97 Å². The molecule has 0 fully saturated rings. The molecule has 0 saturated heterocycles. The van der Waals surface area contributed by atoms with Gasteiger partial charge >= 0.3 is 5.97 Å². The van der Waals surface area contributed by atoms with Crippen LogP contribution in [0.15, 0.2) is 35.9 Å². The molecule has 0 spiro atoms. The first-order valence-electron chi connectivity index (χ1n) is 6.73. The Morgan fingerprint density at radius 1 is 1.30 bits per heavy atom. The Morgan fingerprint density at radius 3 is 2.50 bits per heavy atom. The van der Waals surface area contributed by atoms with Crippen molar-refractivity contribution >= 4 is 17.6 Å². The fourth-order valence-electron chi connectivity index (χ4n) is 2.01. The molecule has 0 aliphatic heterocycles. The van der Waals surface area contributed by atoms with Crippen LogP contribution in [-0.4, -0.2) is 23.5 Å². The van der Waals surface area contributed by atoms with Crippen LogP contribution < -0.4 is 4.90 Å². The molecule has 108 valence electrons. The molecule has 1 aromatic rings. The van der Waals surface area contributed by atoms with Gasteiger partial charge in [0.15, 0.2) is 0 Å². The molecule has 4 heteroatoms. The van der Waals surface area contributed by atoms with Crippen LogP contribution in [0, 0.1) is 6.92 Å². The average Bonchev–Trinajstić information content (AvgIpc) is 2.40. The Bertz CT molecular complexity index is 520. The number of hydrogen-bond acceptors (Lipinski definition) is 2. The lowest BCUT2D eigenvalue weighted by Crippen LogP contribution is -2.34. The van der Waals surface area contributed by atoms with E-state index in [9.17, 15) is 9.59 Å². The Morgan fingerprint density at radius 2 is 1.95 bits per heavy atom. The van der Waals surface area contributed by atoms with Crippen molar-refractivity contribution in [1.29, 1.82) is 0 Å². The Balaban J connectivity index is 3.08. The van der Waals surface area contributed by atoms with Gasteiger partial charge in [0.05, 0.1) is 6.42 Å². The Hall–Kier alpha value is -2.10. The quantitative estimate of drug-likeness (QED) is 0.811. The number of carboxylic acids is 1. The number of hydrogen-bond donors (Lipinski definition) is 1. The lowest BCUT2D eigenvalue weighted by molar-refractivity contribution is -0.136. The average molecular weight is 275 g/mol. The van der Waals surface area contributed by atoms with E-state index >= 15 is 0 Å². The summed E-state index contributed by atoms with van der Waals surface area (Å²) < 4.78 is 0. The lowest BCUT2D eigenvalue weighted by Gasteiger charge is -2.24. The van der Waals surface area contributed by atoms with E-state index in [1.165, 1.54) is 0 Å². The molecule has 1 aromatic carbocycles. The fraction of sp³-hybridized carbons (Fsp3) is 0.375. The summed E-state index contributed by atoms with van der Waals surface area (Å²) >= 11 is 0. The zero-order valence-corrected chi connectivity index (χ0v) is 12.2. The number of nitrogens with zero attached hydrogens (tertiary/aromatic N) is 1. The van der Waals surface area contributed by atoms with Gasteiger partial charge in [-0.05, 0) is 31.9 Å². The van der Waals surface area contributed by atoms with E-state index in [1.54, 1.807) is 11.8 Å². The van der Waals surface area contributed by atoms with Crippen LogP contribution >= 0.6 is 0 Å². The minimum atomic E-state index is -0.909. The maximum absolute atomic E-state index is 12.5. The minimum Gasteiger partial charge on any atom is -0.481 e. The van der Waals surface area contributed by atoms with Crippen molar-refractivity contribution in [3.8, 4) is 0 Å². The summed E-state index contributed by atoms with van der Waals surface area (Å²) in [5.74, 6) is -1.05. The molecule has 0 unspecified atom stereocenters. The Labute approximate surface area is 119 Å². The number of amides is 1. The molecule has 0 saturated carbocycles. The van der Waals surface area contributed by atoms with E-state index in [0.717, 1.165) is 17.7 Å². The first kappa shape index (κ1) is 16.0. The minimum absolute atomic E-state index is 0.0700. The van der Waals surface area contributed by atoms with Gasteiger partial charge in [0.25, 0.3) is 5.91 Å². The molecule has 4 nitrogen and oxygen atoms in total. The molecule has 0 bridgehead atoms. The number of anilines is 1. The van der Waals surface area contributed by atoms with Gasteiger partial charge in [-0.3, -0.25) is 9.59 Å². The van der Waals surface area contributed by atoms with Crippen molar-refractivity contribution in [1.82, 2.24) is 0 Å². The monoisotopic (exact) mass is 275 g/mol. The predicted molar refractivity (Wildman–Crippen MR) is 79.8 cm³/mol. The highest BCUT2D eigenvalue weighted by Crippen LogP contribution is 2.21. The SMILES string of the molecule is CC/C=C(\C)C(=O)N(CCC(=O)O)c1ccccc1C. The smallest absolute Gasteiger partial charge is 0.305 e. The van der Waals surface area contributed by atoms with Gasteiger partial charge in [0.1, 0.15) is 0 Å². The third-order valence-corrected chi connectivity index (χ3v) is 3.05. The molecule has 0 aliphatic carbocycles. The first-order valence-corrected chi connectivity index (χ1v) is 6.73. The van der Waals surface area contributed by atoms with E-state index in [1.807, 2.05) is 44.2 Å². The molecule has 0 aromatic heterocycles. The number of carboxylic acid groups (broad SMARTS) is 1. The summed E-state index contributed by atoms with van der Waals surface area (Å²) in [4.78, 5) is 24.8. The van der Waals surface area contributed by atoms with Crippen molar-refractivity contribution in [3.63, 3.8) is 0 Å². The predicted octanol–water partition coefficient (Wildman–Crippen LogP) is 3.16. The lowest BCUT2D eigenvalue weighted by atomic mass is 10.1. The molecule has 1 N–H and O–H groups in total. The number of para-hydroxylation sites is 1. The van der Waals surface area contributed by atoms with Gasteiger partial charge in [-0.2, -0.15) is 0 Å². The van der Waals surface area contributed by atoms with Crippen molar-refractivity contribution in [2.45, 2.75) is 33.6 Å². The number of benzene rings is 1. The van der Waals surface area contributed by atoms with Crippen molar-refractivity contribution in [3.05, 3.63) is 41.5 Å². The zero-order chi connectivity index (χ0) is 15.1. The second kappa shape index (κ2) is 7.48. The topological polar surface area (TPSA) is 57.6 Å². The maximum atomic E-state index is 12.5. The van der Waals surface area contributed by atoms with Gasteiger partial charge in [0.2, 0.25) is 0 Å². The number of allylic oxidation sites excluding steroid dienone is 1. The summed E-state index contributed by atoms with van der Waals surface area (Å²) in [6, 6.07) is 7.50. The van der Waals surface area contributed by atoms with Gasteiger partial charge in [-0.25, -0.2) is 0 Å². The van der Waals surface area contributed by atoms with Crippen molar-refractivity contribution < 1.29 is 14.7 Å². The fourth-order valence-corrected chi connectivity index (χ4v) is 2.01. The highest BCUT2D eigenvalue weighted by atomic mass is 16.4. The second-order valence-corrected chi connectivity index (χ2v) is 4.68. The summed E-state index contributed by atoms with van der Waals surface area (Å²) in [6.07, 6.45) is 2.56. The van der Waals surface area contributed by atoms with Crippen LogP contribution in [0.1, 0.15) is 32.3 Å². The molecule has 1 amide bonds. The van der Waals surface area contributed by atoms with Crippen LogP contribution in [0.2, 0.25) is 0 Å². The summed E-state index contributed by atoms with van der Waals surface area (Å²) in [6.45, 7) is 5.81. The van der Waals surface area contributed by atoms with Gasteiger partial charge in [0, 0.05) is 17.8 Å². The molecule has 0 radical (unpaired) electrons. The molecule has 1 rings (SSSR count).